The van der Waals surface area contributed by atoms with Gasteiger partial charge in [0.05, 0.1) is 17.6 Å². The molecular formula is C16H28N2O3S2. The lowest BCUT2D eigenvalue weighted by atomic mass is 9.96. The number of nitrogens with zero attached hydrogens (tertiary/aromatic N) is 1. The van der Waals surface area contributed by atoms with E-state index in [4.69, 9.17) is 17.0 Å². The second-order valence-electron chi connectivity index (χ2n) is 7.13. The average Bonchev–Trinajstić information content (AvgIpc) is 3.15. The van der Waals surface area contributed by atoms with Crippen molar-refractivity contribution < 1.29 is 13.2 Å². The van der Waals surface area contributed by atoms with Crippen molar-refractivity contribution in [1.29, 1.82) is 0 Å². The van der Waals surface area contributed by atoms with E-state index in [-0.39, 0.29) is 23.7 Å². The summed E-state index contributed by atoms with van der Waals surface area (Å²) in [5.74, 6) is 0.512. The Bertz CT molecular complexity index is 511. The molecule has 7 heteroatoms. The first-order valence-electron chi connectivity index (χ1n) is 8.93. The monoisotopic (exact) mass is 360 g/mol. The van der Waals surface area contributed by atoms with E-state index in [0.717, 1.165) is 43.9 Å². The van der Waals surface area contributed by atoms with Gasteiger partial charge >= 0.3 is 0 Å². The molecule has 0 aromatic carbocycles. The Morgan fingerprint density at radius 3 is 2.52 bits per heavy atom. The Morgan fingerprint density at radius 1 is 1.13 bits per heavy atom. The summed E-state index contributed by atoms with van der Waals surface area (Å²) in [7, 11) is -2.91. The smallest absolute Gasteiger partial charge is 0.169 e. The van der Waals surface area contributed by atoms with Crippen LogP contribution >= 0.6 is 12.2 Å². The molecule has 3 aliphatic rings. The zero-order valence-corrected chi connectivity index (χ0v) is 15.3. The molecule has 1 aliphatic carbocycles. The number of rotatable bonds is 4. The highest BCUT2D eigenvalue weighted by Gasteiger charge is 2.35. The van der Waals surface area contributed by atoms with E-state index in [2.05, 4.69) is 10.2 Å². The number of hydrogen-bond donors (Lipinski definition) is 1. The Labute approximate surface area is 145 Å². The summed E-state index contributed by atoms with van der Waals surface area (Å²) < 4.78 is 29.5. The third kappa shape index (κ3) is 4.79. The lowest BCUT2D eigenvalue weighted by Gasteiger charge is -2.35. The SMILES string of the molecule is O=S1(=O)CC[C@@H](N(C[C@@H]2CCCO2)C(=S)NC2CCCCC2)C1. The molecule has 3 fully saturated rings. The highest BCUT2D eigenvalue weighted by atomic mass is 32.2. The second-order valence-corrected chi connectivity index (χ2v) is 9.74. The maximum atomic E-state index is 11.9. The van der Waals surface area contributed by atoms with Crippen LogP contribution in [0.3, 0.4) is 0 Å². The number of sulfone groups is 1. The van der Waals surface area contributed by atoms with Crippen LogP contribution in [0, 0.1) is 0 Å². The molecule has 3 rings (SSSR count). The third-order valence-corrected chi connectivity index (χ3v) is 7.37. The van der Waals surface area contributed by atoms with Crippen molar-refractivity contribution in [3.63, 3.8) is 0 Å². The zero-order valence-electron chi connectivity index (χ0n) is 13.7. The Morgan fingerprint density at radius 2 is 1.91 bits per heavy atom. The molecule has 2 atom stereocenters. The maximum absolute atomic E-state index is 11.9. The van der Waals surface area contributed by atoms with Crippen molar-refractivity contribution in [2.45, 2.75) is 69.6 Å². The van der Waals surface area contributed by atoms with E-state index in [9.17, 15) is 8.42 Å². The highest BCUT2D eigenvalue weighted by Crippen LogP contribution is 2.23. The fourth-order valence-electron chi connectivity index (χ4n) is 3.93. The van der Waals surface area contributed by atoms with E-state index >= 15 is 0 Å². The molecule has 5 nitrogen and oxygen atoms in total. The summed E-state index contributed by atoms with van der Waals surface area (Å²) in [6, 6.07) is 0.453. The summed E-state index contributed by atoms with van der Waals surface area (Å²) >= 11 is 5.67. The van der Waals surface area contributed by atoms with Crippen LogP contribution in [-0.4, -0.2) is 61.3 Å². The van der Waals surface area contributed by atoms with Gasteiger partial charge in [-0.25, -0.2) is 8.42 Å². The fourth-order valence-corrected chi connectivity index (χ4v) is 6.05. The summed E-state index contributed by atoms with van der Waals surface area (Å²) in [6.07, 6.45) is 9.14. The van der Waals surface area contributed by atoms with E-state index in [1.165, 1.54) is 19.3 Å². The first-order valence-corrected chi connectivity index (χ1v) is 11.2. The van der Waals surface area contributed by atoms with Gasteiger partial charge in [0.2, 0.25) is 0 Å². The van der Waals surface area contributed by atoms with Crippen molar-refractivity contribution in [3.8, 4) is 0 Å². The van der Waals surface area contributed by atoms with Crippen LogP contribution in [0.2, 0.25) is 0 Å². The first kappa shape index (κ1) is 17.4. The molecule has 2 aliphatic heterocycles. The highest BCUT2D eigenvalue weighted by molar-refractivity contribution is 7.91. The maximum Gasteiger partial charge on any atom is 0.169 e. The second kappa shape index (κ2) is 7.66. The zero-order chi connectivity index (χ0) is 16.3. The minimum Gasteiger partial charge on any atom is -0.376 e. The Balaban J connectivity index is 1.64. The summed E-state index contributed by atoms with van der Waals surface area (Å²) in [5, 5.41) is 4.24. The molecule has 0 aromatic rings. The standard InChI is InChI=1S/C16H28N2O3S2/c19-23(20)10-8-14(12-23)18(11-15-7-4-9-21-15)16(22)17-13-5-2-1-3-6-13/h13-15H,1-12H2,(H,17,22)/t14-,15+/m1/s1. The van der Waals surface area contributed by atoms with E-state index in [0.29, 0.717) is 12.5 Å². The fraction of sp³-hybridized carbons (Fsp3) is 0.938. The molecule has 1 saturated carbocycles. The predicted octanol–water partition coefficient (Wildman–Crippen LogP) is 1.86. The lowest BCUT2D eigenvalue weighted by molar-refractivity contribution is 0.0838. The largest absolute Gasteiger partial charge is 0.376 e. The molecule has 2 heterocycles. The number of ether oxygens (including phenoxy) is 1. The van der Waals surface area contributed by atoms with E-state index in [1.807, 2.05) is 0 Å². The van der Waals surface area contributed by atoms with Crippen molar-refractivity contribution >= 4 is 27.2 Å². The van der Waals surface area contributed by atoms with Crippen LogP contribution in [0.5, 0.6) is 0 Å². The molecular weight excluding hydrogens is 332 g/mol. The Hall–Kier alpha value is -0.400. The van der Waals surface area contributed by atoms with Gasteiger partial charge in [-0.05, 0) is 44.3 Å². The minimum absolute atomic E-state index is 0.00721. The number of nitrogens with one attached hydrogen (secondary N) is 1. The van der Waals surface area contributed by atoms with Crippen LogP contribution in [-0.2, 0) is 14.6 Å². The van der Waals surface area contributed by atoms with Crippen LogP contribution < -0.4 is 5.32 Å². The van der Waals surface area contributed by atoms with Gasteiger partial charge < -0.3 is 15.0 Å². The average molecular weight is 361 g/mol. The van der Waals surface area contributed by atoms with Crippen LogP contribution in [0.4, 0.5) is 0 Å². The molecule has 0 spiro atoms. The molecule has 0 amide bonds. The van der Waals surface area contributed by atoms with Gasteiger partial charge in [0.25, 0.3) is 0 Å². The van der Waals surface area contributed by atoms with Gasteiger partial charge in [0.15, 0.2) is 14.9 Å². The molecule has 0 aromatic heterocycles. The molecule has 0 unspecified atom stereocenters. The van der Waals surface area contributed by atoms with Gasteiger partial charge in [-0.3, -0.25) is 0 Å². The number of thiocarbonyl (C=S) groups is 1. The van der Waals surface area contributed by atoms with Crippen LogP contribution in [0.15, 0.2) is 0 Å². The van der Waals surface area contributed by atoms with Gasteiger partial charge in [0, 0.05) is 25.2 Å². The van der Waals surface area contributed by atoms with Crippen molar-refractivity contribution in [1.82, 2.24) is 10.2 Å². The summed E-state index contributed by atoms with van der Waals surface area (Å²) in [6.45, 7) is 1.53. The first-order chi connectivity index (χ1) is 11.0. The summed E-state index contributed by atoms with van der Waals surface area (Å²) in [5.41, 5.74) is 0. The summed E-state index contributed by atoms with van der Waals surface area (Å²) in [4.78, 5) is 2.12. The number of hydrogen-bond acceptors (Lipinski definition) is 4. The lowest BCUT2D eigenvalue weighted by Crippen LogP contribution is -2.52. The minimum atomic E-state index is -2.91. The molecule has 132 valence electrons. The van der Waals surface area contributed by atoms with E-state index < -0.39 is 9.84 Å². The Kier molecular flexibility index (Phi) is 5.80. The van der Waals surface area contributed by atoms with Gasteiger partial charge in [0.1, 0.15) is 0 Å². The van der Waals surface area contributed by atoms with Crippen molar-refractivity contribution in [3.05, 3.63) is 0 Å². The van der Waals surface area contributed by atoms with E-state index in [1.54, 1.807) is 0 Å². The topological polar surface area (TPSA) is 58.6 Å². The third-order valence-electron chi connectivity index (χ3n) is 5.27. The van der Waals surface area contributed by atoms with Gasteiger partial charge in [-0.2, -0.15) is 0 Å². The van der Waals surface area contributed by atoms with Crippen molar-refractivity contribution in [2.24, 2.45) is 0 Å². The van der Waals surface area contributed by atoms with Crippen molar-refractivity contribution in [2.75, 3.05) is 24.7 Å². The van der Waals surface area contributed by atoms with Crippen LogP contribution in [0.1, 0.15) is 51.4 Å². The molecule has 0 radical (unpaired) electrons. The molecule has 23 heavy (non-hydrogen) atoms. The molecule has 0 bridgehead atoms. The predicted molar refractivity (Wildman–Crippen MR) is 95.3 cm³/mol. The molecule has 1 N–H and O–H groups in total. The quantitative estimate of drug-likeness (QED) is 0.773. The van der Waals surface area contributed by atoms with Gasteiger partial charge in [-0.15, -0.1) is 0 Å². The van der Waals surface area contributed by atoms with Gasteiger partial charge in [-0.1, -0.05) is 19.3 Å². The molecule has 2 saturated heterocycles. The van der Waals surface area contributed by atoms with Crippen LogP contribution in [0.25, 0.3) is 0 Å². The normalized spacial score (nSPS) is 31.1.